The third-order valence-electron chi connectivity index (χ3n) is 5.21. The van der Waals surface area contributed by atoms with Crippen molar-refractivity contribution in [3.8, 4) is 5.75 Å². The van der Waals surface area contributed by atoms with Gasteiger partial charge in [-0.15, -0.1) is 0 Å². The van der Waals surface area contributed by atoms with Crippen LogP contribution in [0.2, 0.25) is 0 Å². The third kappa shape index (κ3) is 6.05. The molecule has 3 rings (SSSR count). The summed E-state index contributed by atoms with van der Waals surface area (Å²) in [6, 6.07) is 7.55. The quantitative estimate of drug-likeness (QED) is 0.487. The number of nitrogens with one attached hydrogen (secondary N) is 2. The standard InChI is InChI=1S/C21H26N4O6/c1-14-3-5-19(31-14)21(27)22-15-7-10-24(11-8-15)12-9-20(26)23-17-13-16(25(28)29)4-6-18(17)30-2/h3-6,13,15H,7-12H2,1-2H3,(H,22,27)(H,23,26). The zero-order valence-corrected chi connectivity index (χ0v) is 17.6. The molecule has 2 heterocycles. The number of furan rings is 1. The van der Waals surface area contributed by atoms with Crippen molar-refractivity contribution >= 4 is 23.2 Å². The van der Waals surface area contributed by atoms with Crippen LogP contribution >= 0.6 is 0 Å². The summed E-state index contributed by atoms with van der Waals surface area (Å²) in [4.78, 5) is 37.1. The molecule has 0 aliphatic carbocycles. The monoisotopic (exact) mass is 430 g/mol. The first-order valence-corrected chi connectivity index (χ1v) is 10.1. The van der Waals surface area contributed by atoms with Gasteiger partial charge in [-0.1, -0.05) is 0 Å². The number of methoxy groups -OCH3 is 1. The first-order chi connectivity index (χ1) is 14.9. The number of hydrogen-bond donors (Lipinski definition) is 2. The molecule has 2 aromatic rings. The Kier molecular flexibility index (Phi) is 7.24. The van der Waals surface area contributed by atoms with Gasteiger partial charge in [-0.3, -0.25) is 19.7 Å². The zero-order chi connectivity index (χ0) is 22.4. The van der Waals surface area contributed by atoms with Gasteiger partial charge in [0.25, 0.3) is 11.6 Å². The number of nitro groups is 1. The minimum absolute atomic E-state index is 0.0668. The number of nitrogens with zero attached hydrogens (tertiary/aromatic N) is 2. The van der Waals surface area contributed by atoms with Crippen LogP contribution in [-0.4, -0.2) is 54.4 Å². The molecule has 1 aliphatic rings. The smallest absolute Gasteiger partial charge is 0.287 e. The van der Waals surface area contributed by atoms with Gasteiger partial charge >= 0.3 is 0 Å². The number of ether oxygens (including phenoxy) is 1. The second-order valence-corrected chi connectivity index (χ2v) is 7.44. The van der Waals surface area contributed by atoms with E-state index in [9.17, 15) is 19.7 Å². The highest BCUT2D eigenvalue weighted by Crippen LogP contribution is 2.29. The Hall–Kier alpha value is -3.40. The van der Waals surface area contributed by atoms with Crippen molar-refractivity contribution in [3.63, 3.8) is 0 Å². The molecule has 1 aromatic carbocycles. The molecular formula is C21H26N4O6. The van der Waals surface area contributed by atoms with E-state index in [1.54, 1.807) is 19.1 Å². The summed E-state index contributed by atoms with van der Waals surface area (Å²) in [6.07, 6.45) is 1.81. The highest BCUT2D eigenvalue weighted by Gasteiger charge is 2.23. The summed E-state index contributed by atoms with van der Waals surface area (Å²) < 4.78 is 10.5. The molecule has 0 spiro atoms. The van der Waals surface area contributed by atoms with Gasteiger partial charge in [0.1, 0.15) is 11.5 Å². The largest absolute Gasteiger partial charge is 0.495 e. The summed E-state index contributed by atoms with van der Waals surface area (Å²) in [6.45, 7) is 3.87. The fourth-order valence-electron chi connectivity index (χ4n) is 3.49. The number of carbonyl (C=O) groups is 2. The van der Waals surface area contributed by atoms with Gasteiger partial charge in [0.15, 0.2) is 5.76 Å². The number of amides is 2. The van der Waals surface area contributed by atoms with Gasteiger partial charge in [0.2, 0.25) is 5.91 Å². The van der Waals surface area contributed by atoms with Crippen LogP contribution in [0.4, 0.5) is 11.4 Å². The minimum Gasteiger partial charge on any atom is -0.495 e. The first-order valence-electron chi connectivity index (χ1n) is 10.1. The summed E-state index contributed by atoms with van der Waals surface area (Å²) in [5.41, 5.74) is 0.154. The fraction of sp³-hybridized carbons (Fsp3) is 0.429. The molecule has 0 radical (unpaired) electrons. The van der Waals surface area contributed by atoms with Crippen molar-refractivity contribution < 1.29 is 23.7 Å². The van der Waals surface area contributed by atoms with E-state index in [2.05, 4.69) is 15.5 Å². The van der Waals surface area contributed by atoms with Crippen LogP contribution in [0.1, 0.15) is 35.6 Å². The Morgan fingerprint density at radius 3 is 2.61 bits per heavy atom. The predicted molar refractivity (Wildman–Crippen MR) is 113 cm³/mol. The average Bonchev–Trinajstić information content (AvgIpc) is 3.19. The predicted octanol–water partition coefficient (Wildman–Crippen LogP) is 2.73. The second-order valence-electron chi connectivity index (χ2n) is 7.44. The summed E-state index contributed by atoms with van der Waals surface area (Å²) in [5, 5.41) is 16.6. The number of nitro benzene ring substituents is 1. The van der Waals surface area contributed by atoms with E-state index in [1.807, 2.05) is 0 Å². The Labute approximate surface area is 179 Å². The van der Waals surface area contributed by atoms with Gasteiger partial charge in [0.05, 0.1) is 17.7 Å². The Bertz CT molecular complexity index is 949. The number of hydrogen-bond acceptors (Lipinski definition) is 7. The van der Waals surface area contributed by atoms with Gasteiger partial charge in [-0.25, -0.2) is 0 Å². The molecule has 0 bridgehead atoms. The SMILES string of the molecule is COc1ccc([N+](=O)[O-])cc1NC(=O)CCN1CCC(NC(=O)c2ccc(C)o2)CC1. The summed E-state index contributed by atoms with van der Waals surface area (Å²) in [5.74, 6) is 0.913. The Morgan fingerprint density at radius 1 is 1.26 bits per heavy atom. The normalized spacial score (nSPS) is 14.8. The van der Waals surface area contributed by atoms with Crippen molar-refractivity contribution in [2.75, 3.05) is 32.1 Å². The van der Waals surface area contributed by atoms with Gasteiger partial charge in [-0.2, -0.15) is 0 Å². The van der Waals surface area contributed by atoms with E-state index in [1.165, 1.54) is 25.3 Å². The molecule has 0 saturated carbocycles. The molecule has 1 fully saturated rings. The van der Waals surface area contributed by atoms with Crippen LogP contribution in [0.3, 0.4) is 0 Å². The number of aryl methyl sites for hydroxylation is 1. The molecule has 10 heteroatoms. The van der Waals surface area contributed by atoms with Crippen molar-refractivity contribution in [1.29, 1.82) is 0 Å². The molecule has 2 amide bonds. The molecule has 31 heavy (non-hydrogen) atoms. The van der Waals surface area contributed by atoms with E-state index in [0.29, 0.717) is 23.8 Å². The van der Waals surface area contributed by atoms with Crippen LogP contribution in [-0.2, 0) is 4.79 Å². The highest BCUT2D eigenvalue weighted by atomic mass is 16.6. The lowest BCUT2D eigenvalue weighted by molar-refractivity contribution is -0.384. The second kappa shape index (κ2) is 10.1. The lowest BCUT2D eigenvalue weighted by Crippen LogP contribution is -2.45. The molecule has 10 nitrogen and oxygen atoms in total. The summed E-state index contributed by atoms with van der Waals surface area (Å²) >= 11 is 0. The van der Waals surface area contributed by atoms with E-state index in [4.69, 9.17) is 9.15 Å². The number of piperidine rings is 1. The number of anilines is 1. The van der Waals surface area contributed by atoms with Crippen molar-refractivity contribution in [2.24, 2.45) is 0 Å². The van der Waals surface area contributed by atoms with Crippen molar-refractivity contribution in [1.82, 2.24) is 10.2 Å². The van der Waals surface area contributed by atoms with Crippen LogP contribution in [0, 0.1) is 17.0 Å². The molecule has 1 saturated heterocycles. The maximum absolute atomic E-state index is 12.3. The lowest BCUT2D eigenvalue weighted by Gasteiger charge is -2.32. The Balaban J connectivity index is 1.43. The number of rotatable bonds is 8. The molecule has 0 unspecified atom stereocenters. The van der Waals surface area contributed by atoms with Gasteiger partial charge in [0, 0.05) is 44.2 Å². The number of likely N-dealkylation sites (tertiary alicyclic amines) is 1. The highest BCUT2D eigenvalue weighted by molar-refractivity contribution is 5.93. The van der Waals surface area contributed by atoms with E-state index >= 15 is 0 Å². The number of benzene rings is 1. The number of carbonyl (C=O) groups excluding carboxylic acids is 2. The number of non-ortho nitro benzene ring substituents is 1. The fourth-order valence-corrected chi connectivity index (χ4v) is 3.49. The molecule has 166 valence electrons. The topological polar surface area (TPSA) is 127 Å². The Morgan fingerprint density at radius 2 is 2.00 bits per heavy atom. The zero-order valence-electron chi connectivity index (χ0n) is 17.6. The molecule has 1 aliphatic heterocycles. The third-order valence-corrected chi connectivity index (χ3v) is 5.21. The van der Waals surface area contributed by atoms with E-state index < -0.39 is 4.92 Å². The first kappa shape index (κ1) is 22.3. The van der Waals surface area contributed by atoms with Crippen LogP contribution in [0.5, 0.6) is 5.75 Å². The van der Waals surface area contributed by atoms with Gasteiger partial charge < -0.3 is 24.7 Å². The average molecular weight is 430 g/mol. The lowest BCUT2D eigenvalue weighted by atomic mass is 10.0. The maximum Gasteiger partial charge on any atom is 0.287 e. The molecular weight excluding hydrogens is 404 g/mol. The van der Waals surface area contributed by atoms with Crippen molar-refractivity contribution in [3.05, 3.63) is 52.0 Å². The van der Waals surface area contributed by atoms with Crippen LogP contribution in [0.15, 0.2) is 34.7 Å². The van der Waals surface area contributed by atoms with E-state index in [-0.39, 0.29) is 35.7 Å². The van der Waals surface area contributed by atoms with Crippen molar-refractivity contribution in [2.45, 2.75) is 32.2 Å². The minimum atomic E-state index is -0.523. The van der Waals surface area contributed by atoms with Crippen LogP contribution in [0.25, 0.3) is 0 Å². The van der Waals surface area contributed by atoms with E-state index in [0.717, 1.165) is 25.9 Å². The molecule has 2 N–H and O–H groups in total. The van der Waals surface area contributed by atoms with Gasteiger partial charge in [-0.05, 0) is 38.0 Å². The molecule has 0 atom stereocenters. The summed E-state index contributed by atoms with van der Waals surface area (Å²) in [7, 11) is 1.44. The molecule has 1 aromatic heterocycles. The maximum atomic E-state index is 12.3. The van der Waals surface area contributed by atoms with Crippen LogP contribution < -0.4 is 15.4 Å².